The molecule has 0 unspecified atom stereocenters. The van der Waals surface area contributed by atoms with Gasteiger partial charge in [-0.1, -0.05) is 60.7 Å². The smallest absolute Gasteiger partial charge is 0.343 e. The minimum Gasteiger partial charge on any atom is -0.493 e. The minimum atomic E-state index is -0.491. The van der Waals surface area contributed by atoms with Crippen LogP contribution in [-0.4, -0.2) is 68.7 Å². The van der Waals surface area contributed by atoms with Crippen molar-refractivity contribution in [3.63, 3.8) is 0 Å². The third-order valence-electron chi connectivity index (χ3n) is 6.18. The van der Waals surface area contributed by atoms with E-state index in [1.807, 2.05) is 17.0 Å². The molecule has 0 radical (unpaired) electrons. The predicted molar refractivity (Wildman–Crippen MR) is 133 cm³/mol. The quantitative estimate of drug-likeness (QED) is 0.463. The van der Waals surface area contributed by atoms with Gasteiger partial charge in [0.25, 0.3) is 5.91 Å². The Morgan fingerprint density at radius 1 is 0.800 bits per heavy atom. The maximum absolute atomic E-state index is 13.2. The number of carbonyl (C=O) groups excluding carboxylic acids is 2. The van der Waals surface area contributed by atoms with Crippen molar-refractivity contribution in [1.29, 1.82) is 0 Å². The second-order valence-corrected chi connectivity index (χ2v) is 8.28. The number of hydrogen-bond donors (Lipinski definition) is 0. The fourth-order valence-electron chi connectivity index (χ4n) is 4.37. The third kappa shape index (κ3) is 5.81. The van der Waals surface area contributed by atoms with Crippen molar-refractivity contribution in [2.45, 2.75) is 6.04 Å². The first kappa shape index (κ1) is 24.3. The zero-order chi connectivity index (χ0) is 24.6. The van der Waals surface area contributed by atoms with Gasteiger partial charge in [-0.15, -0.1) is 0 Å². The highest BCUT2D eigenvalue weighted by atomic mass is 16.6. The molecule has 0 aliphatic carbocycles. The van der Waals surface area contributed by atoms with E-state index in [0.717, 1.165) is 13.1 Å². The van der Waals surface area contributed by atoms with Crippen molar-refractivity contribution >= 4 is 11.9 Å². The number of hydrogen-bond acceptors (Lipinski definition) is 6. The summed E-state index contributed by atoms with van der Waals surface area (Å²) < 4.78 is 15.4. The van der Waals surface area contributed by atoms with Gasteiger partial charge in [-0.3, -0.25) is 9.69 Å². The molecule has 7 nitrogen and oxygen atoms in total. The van der Waals surface area contributed by atoms with Crippen molar-refractivity contribution < 1.29 is 23.8 Å². The Balaban J connectivity index is 1.45. The average Bonchev–Trinajstić information content (AvgIpc) is 2.93. The first-order valence-corrected chi connectivity index (χ1v) is 11.6. The van der Waals surface area contributed by atoms with Crippen molar-refractivity contribution in [2.24, 2.45) is 0 Å². The molecular weight excluding hydrogens is 444 g/mol. The number of esters is 1. The molecule has 0 spiro atoms. The van der Waals surface area contributed by atoms with E-state index in [2.05, 4.69) is 58.2 Å². The highest BCUT2D eigenvalue weighted by Crippen LogP contribution is 2.31. The summed E-state index contributed by atoms with van der Waals surface area (Å²) in [6.07, 6.45) is 0. The van der Waals surface area contributed by atoms with Crippen LogP contribution in [0.1, 0.15) is 27.5 Å². The lowest BCUT2D eigenvalue weighted by Gasteiger charge is -2.39. The van der Waals surface area contributed by atoms with Crippen LogP contribution < -0.4 is 9.47 Å². The summed E-state index contributed by atoms with van der Waals surface area (Å²) >= 11 is 0. The molecule has 182 valence electrons. The number of nitrogens with zero attached hydrogens (tertiary/aromatic N) is 2. The van der Waals surface area contributed by atoms with Crippen LogP contribution in [0.2, 0.25) is 0 Å². The highest BCUT2D eigenvalue weighted by molar-refractivity contribution is 5.95. The Bertz CT molecular complexity index is 1090. The molecule has 4 rings (SSSR count). The molecule has 0 saturated carbocycles. The number of amides is 1. The summed E-state index contributed by atoms with van der Waals surface area (Å²) in [5.74, 6) is 0.229. The lowest BCUT2D eigenvalue weighted by Crippen LogP contribution is -2.49. The number of benzene rings is 3. The molecule has 1 fully saturated rings. The normalized spacial score (nSPS) is 14.0. The Hall–Kier alpha value is -3.84. The summed E-state index contributed by atoms with van der Waals surface area (Å²) in [6.45, 7) is 2.54. The zero-order valence-electron chi connectivity index (χ0n) is 20.1. The molecule has 0 aromatic heterocycles. The van der Waals surface area contributed by atoms with Crippen LogP contribution >= 0.6 is 0 Å². The minimum absolute atomic E-state index is 0.0570. The largest absolute Gasteiger partial charge is 0.493 e. The number of carbonyl (C=O) groups is 2. The molecular formula is C28H30N2O5. The van der Waals surface area contributed by atoms with E-state index in [9.17, 15) is 9.59 Å². The number of methoxy groups -OCH3 is 2. The van der Waals surface area contributed by atoms with Crippen molar-refractivity contribution in [3.05, 3.63) is 95.6 Å². The molecule has 0 N–H and O–H groups in total. The summed E-state index contributed by atoms with van der Waals surface area (Å²) in [4.78, 5) is 28.9. The van der Waals surface area contributed by atoms with Crippen LogP contribution in [0.15, 0.2) is 78.9 Å². The van der Waals surface area contributed by atoms with Crippen LogP contribution in [0.5, 0.6) is 11.5 Å². The van der Waals surface area contributed by atoms with Crippen molar-refractivity contribution in [3.8, 4) is 11.5 Å². The Kier molecular flexibility index (Phi) is 8.00. The average molecular weight is 475 g/mol. The highest BCUT2D eigenvalue weighted by Gasteiger charge is 2.29. The van der Waals surface area contributed by atoms with E-state index in [-0.39, 0.29) is 18.6 Å². The molecule has 35 heavy (non-hydrogen) atoms. The van der Waals surface area contributed by atoms with Gasteiger partial charge in [0, 0.05) is 31.7 Å². The lowest BCUT2D eigenvalue weighted by atomic mass is 9.96. The van der Waals surface area contributed by atoms with E-state index in [1.165, 1.54) is 25.3 Å². The van der Waals surface area contributed by atoms with Gasteiger partial charge in [0.05, 0.1) is 20.3 Å². The first-order chi connectivity index (χ1) is 17.1. The number of rotatable bonds is 8. The fourth-order valence-corrected chi connectivity index (χ4v) is 4.37. The maximum atomic E-state index is 13.2. The molecule has 0 bridgehead atoms. The second kappa shape index (κ2) is 11.5. The Morgan fingerprint density at radius 2 is 1.40 bits per heavy atom. The van der Waals surface area contributed by atoms with Crippen LogP contribution in [0.3, 0.4) is 0 Å². The van der Waals surface area contributed by atoms with Crippen LogP contribution in [-0.2, 0) is 9.53 Å². The predicted octanol–water partition coefficient (Wildman–Crippen LogP) is 3.79. The van der Waals surface area contributed by atoms with Gasteiger partial charge in [0.1, 0.15) is 0 Å². The van der Waals surface area contributed by atoms with E-state index >= 15 is 0 Å². The molecule has 1 saturated heterocycles. The standard InChI is InChI=1S/C28H30N2O5/c1-33-25-19-23(13-14-24(25)35-20-26(31)34-2)28(32)30-17-15-29(16-18-30)27(21-9-5-3-6-10-21)22-11-7-4-8-12-22/h3-14,19,27H,15-18,20H2,1-2H3. The van der Waals surface area contributed by atoms with E-state index in [1.54, 1.807) is 18.2 Å². The second-order valence-electron chi connectivity index (χ2n) is 8.28. The van der Waals surface area contributed by atoms with Crippen LogP contribution in [0.25, 0.3) is 0 Å². The molecule has 1 heterocycles. The molecule has 3 aromatic carbocycles. The Labute approximate surface area is 205 Å². The topological polar surface area (TPSA) is 68.3 Å². The molecule has 1 amide bonds. The van der Waals surface area contributed by atoms with Gasteiger partial charge in [-0.25, -0.2) is 4.79 Å². The lowest BCUT2D eigenvalue weighted by molar-refractivity contribution is -0.142. The van der Waals surface area contributed by atoms with Crippen molar-refractivity contribution in [2.75, 3.05) is 47.0 Å². The molecule has 1 aliphatic rings. The Morgan fingerprint density at radius 3 is 1.94 bits per heavy atom. The van der Waals surface area contributed by atoms with Gasteiger partial charge in [-0.05, 0) is 29.3 Å². The van der Waals surface area contributed by atoms with Gasteiger partial charge in [0.15, 0.2) is 18.1 Å². The van der Waals surface area contributed by atoms with Crippen molar-refractivity contribution in [1.82, 2.24) is 9.80 Å². The summed E-state index contributed by atoms with van der Waals surface area (Å²) in [7, 11) is 2.80. The monoisotopic (exact) mass is 474 g/mol. The third-order valence-corrected chi connectivity index (χ3v) is 6.18. The van der Waals surface area contributed by atoms with E-state index < -0.39 is 5.97 Å². The maximum Gasteiger partial charge on any atom is 0.343 e. The summed E-state index contributed by atoms with van der Waals surface area (Å²) in [5.41, 5.74) is 3.00. The van der Waals surface area contributed by atoms with Crippen LogP contribution in [0, 0.1) is 0 Å². The van der Waals surface area contributed by atoms with Gasteiger partial charge in [0.2, 0.25) is 0 Å². The van der Waals surface area contributed by atoms with Gasteiger partial charge >= 0.3 is 5.97 Å². The number of ether oxygens (including phenoxy) is 3. The number of piperazine rings is 1. The molecule has 1 aliphatic heterocycles. The molecule has 0 atom stereocenters. The summed E-state index contributed by atoms with van der Waals surface area (Å²) in [5, 5.41) is 0. The molecule has 7 heteroatoms. The zero-order valence-corrected chi connectivity index (χ0v) is 20.1. The SMILES string of the molecule is COC(=O)COc1ccc(C(=O)N2CCN(C(c3ccccc3)c3ccccc3)CC2)cc1OC. The van der Waals surface area contributed by atoms with Crippen LogP contribution in [0.4, 0.5) is 0 Å². The van der Waals surface area contributed by atoms with Gasteiger partial charge < -0.3 is 19.1 Å². The van der Waals surface area contributed by atoms with Gasteiger partial charge in [-0.2, -0.15) is 0 Å². The van der Waals surface area contributed by atoms with E-state index in [4.69, 9.17) is 9.47 Å². The molecule has 3 aromatic rings. The first-order valence-electron chi connectivity index (χ1n) is 11.6. The summed E-state index contributed by atoms with van der Waals surface area (Å²) in [6, 6.07) is 26.1. The fraction of sp³-hybridized carbons (Fsp3) is 0.286. The van der Waals surface area contributed by atoms with E-state index in [0.29, 0.717) is 30.2 Å².